The Morgan fingerprint density at radius 2 is 2.00 bits per heavy atom. The first-order valence-corrected chi connectivity index (χ1v) is 10.2. The van der Waals surface area contributed by atoms with Gasteiger partial charge < -0.3 is 29.7 Å². The van der Waals surface area contributed by atoms with Crippen LogP contribution in [0.1, 0.15) is 31.4 Å². The van der Waals surface area contributed by atoms with Crippen LogP contribution in [-0.2, 0) is 19.0 Å². The Labute approximate surface area is 172 Å². The van der Waals surface area contributed by atoms with Gasteiger partial charge >= 0.3 is 0 Å². The molecule has 0 aromatic heterocycles. The maximum absolute atomic E-state index is 12.0. The molecule has 0 radical (unpaired) electrons. The topological polar surface area (TPSA) is 84.4 Å². The minimum Gasteiger partial charge on any atom is -0.381 e. The lowest BCUT2D eigenvalue weighted by Gasteiger charge is -2.31. The van der Waals surface area contributed by atoms with Crippen LogP contribution in [0.4, 0.5) is 0 Å². The molecule has 160 valence electrons. The summed E-state index contributed by atoms with van der Waals surface area (Å²) >= 11 is 0. The summed E-state index contributed by atoms with van der Waals surface area (Å²) in [6.45, 7) is 4.54. The van der Waals surface area contributed by atoms with Crippen LogP contribution in [0.2, 0.25) is 0 Å². The molecule has 2 aliphatic heterocycles. The SMILES string of the molecule is CC(NC(=NCC(=O)N(C)C)NCC1COC2(CCOCC2)O1)c1ccccc1. The van der Waals surface area contributed by atoms with Crippen LogP contribution < -0.4 is 10.6 Å². The van der Waals surface area contributed by atoms with E-state index < -0.39 is 5.79 Å². The fourth-order valence-corrected chi connectivity index (χ4v) is 3.34. The number of amides is 1. The molecule has 1 aromatic rings. The molecule has 2 heterocycles. The average molecular weight is 405 g/mol. The number of hydrogen-bond acceptors (Lipinski definition) is 5. The molecule has 0 bridgehead atoms. The van der Waals surface area contributed by atoms with Crippen molar-refractivity contribution in [2.24, 2.45) is 4.99 Å². The molecule has 2 aliphatic rings. The third-order valence-electron chi connectivity index (χ3n) is 5.19. The molecule has 2 atom stereocenters. The number of aliphatic imine (C=N–C) groups is 1. The number of carbonyl (C=O) groups is 1. The van der Waals surface area contributed by atoms with E-state index in [1.54, 1.807) is 14.1 Å². The molecule has 3 rings (SSSR count). The quantitative estimate of drug-likeness (QED) is 0.549. The highest BCUT2D eigenvalue weighted by Gasteiger charge is 2.42. The summed E-state index contributed by atoms with van der Waals surface area (Å²) in [5.41, 5.74) is 1.14. The first kappa shape index (κ1) is 21.5. The van der Waals surface area contributed by atoms with Crippen molar-refractivity contribution in [3.63, 3.8) is 0 Å². The summed E-state index contributed by atoms with van der Waals surface area (Å²) in [5, 5.41) is 6.68. The van der Waals surface area contributed by atoms with E-state index in [9.17, 15) is 4.79 Å². The van der Waals surface area contributed by atoms with Crippen molar-refractivity contribution in [3.8, 4) is 0 Å². The van der Waals surface area contributed by atoms with Crippen molar-refractivity contribution in [3.05, 3.63) is 35.9 Å². The zero-order valence-corrected chi connectivity index (χ0v) is 17.5. The van der Waals surface area contributed by atoms with Gasteiger partial charge in [0.15, 0.2) is 11.7 Å². The number of guanidine groups is 1. The molecule has 1 amide bonds. The summed E-state index contributed by atoms with van der Waals surface area (Å²) < 4.78 is 17.5. The molecule has 0 aliphatic carbocycles. The lowest BCUT2D eigenvalue weighted by molar-refractivity contribution is -0.210. The molecule has 8 heteroatoms. The van der Waals surface area contributed by atoms with Gasteiger partial charge in [0.25, 0.3) is 0 Å². The fraction of sp³-hybridized carbons (Fsp3) is 0.619. The fourth-order valence-electron chi connectivity index (χ4n) is 3.34. The van der Waals surface area contributed by atoms with Gasteiger partial charge in [-0.15, -0.1) is 0 Å². The van der Waals surface area contributed by atoms with E-state index in [-0.39, 0.29) is 24.6 Å². The van der Waals surface area contributed by atoms with Crippen LogP contribution >= 0.6 is 0 Å². The highest BCUT2D eigenvalue weighted by Crippen LogP contribution is 2.32. The molecule has 2 N–H and O–H groups in total. The van der Waals surface area contributed by atoms with Crippen LogP contribution in [0.15, 0.2) is 35.3 Å². The number of hydrogen-bond donors (Lipinski definition) is 2. The smallest absolute Gasteiger partial charge is 0.243 e. The van der Waals surface area contributed by atoms with Crippen molar-refractivity contribution in [1.29, 1.82) is 0 Å². The molecule has 8 nitrogen and oxygen atoms in total. The average Bonchev–Trinajstić information content (AvgIpc) is 3.12. The molecule has 0 saturated carbocycles. The number of ether oxygens (including phenoxy) is 3. The van der Waals surface area contributed by atoms with E-state index in [0.717, 1.165) is 18.4 Å². The van der Waals surface area contributed by atoms with E-state index >= 15 is 0 Å². The van der Waals surface area contributed by atoms with Gasteiger partial charge in [-0.05, 0) is 12.5 Å². The summed E-state index contributed by atoms with van der Waals surface area (Å²) in [7, 11) is 3.45. The predicted octanol–water partition coefficient (Wildman–Crippen LogP) is 1.29. The standard InChI is InChI=1S/C21H32N4O4/c1-16(17-7-5-4-6-8-17)24-20(23-14-19(26)25(2)3)22-13-18-15-28-21(29-18)9-11-27-12-10-21/h4-8,16,18H,9-15H2,1-3H3,(H2,22,23,24). The summed E-state index contributed by atoms with van der Waals surface area (Å²) in [6.07, 6.45) is 1.44. The van der Waals surface area contributed by atoms with Crippen LogP contribution in [0, 0.1) is 0 Å². The molecule has 1 spiro atoms. The van der Waals surface area contributed by atoms with E-state index in [2.05, 4.69) is 34.7 Å². The van der Waals surface area contributed by atoms with Crippen molar-refractivity contribution >= 4 is 11.9 Å². The molecular weight excluding hydrogens is 372 g/mol. The third kappa shape index (κ3) is 6.16. The Bertz CT molecular complexity index is 689. The molecule has 2 saturated heterocycles. The summed E-state index contributed by atoms with van der Waals surface area (Å²) in [4.78, 5) is 18.0. The van der Waals surface area contributed by atoms with Gasteiger partial charge in [0.1, 0.15) is 12.6 Å². The lowest BCUT2D eigenvalue weighted by atomic mass is 10.1. The lowest BCUT2D eigenvalue weighted by Crippen LogP contribution is -2.44. The van der Waals surface area contributed by atoms with Crippen molar-refractivity contribution < 1.29 is 19.0 Å². The van der Waals surface area contributed by atoms with Gasteiger partial charge in [0.2, 0.25) is 5.91 Å². The zero-order valence-electron chi connectivity index (χ0n) is 17.5. The van der Waals surface area contributed by atoms with E-state index in [0.29, 0.717) is 32.3 Å². The van der Waals surface area contributed by atoms with Crippen molar-refractivity contribution in [2.45, 2.75) is 37.7 Å². The number of carbonyl (C=O) groups excluding carboxylic acids is 1. The number of nitrogens with zero attached hydrogens (tertiary/aromatic N) is 2. The maximum Gasteiger partial charge on any atom is 0.243 e. The largest absolute Gasteiger partial charge is 0.381 e. The number of likely N-dealkylation sites (N-methyl/N-ethyl adjacent to an activating group) is 1. The van der Waals surface area contributed by atoms with Crippen molar-refractivity contribution in [1.82, 2.24) is 15.5 Å². The van der Waals surface area contributed by atoms with Gasteiger partial charge in [-0.2, -0.15) is 0 Å². The Kier molecular flexibility index (Phi) is 7.46. The molecule has 29 heavy (non-hydrogen) atoms. The summed E-state index contributed by atoms with van der Waals surface area (Å²) in [6, 6.07) is 10.2. The Morgan fingerprint density at radius 3 is 2.69 bits per heavy atom. The minimum absolute atomic E-state index is 0.0412. The van der Waals surface area contributed by atoms with Crippen LogP contribution in [0.3, 0.4) is 0 Å². The number of rotatable bonds is 6. The molecule has 2 unspecified atom stereocenters. The molecule has 1 aromatic carbocycles. The van der Waals surface area contributed by atoms with Crippen LogP contribution in [0.5, 0.6) is 0 Å². The van der Waals surface area contributed by atoms with Gasteiger partial charge in [0.05, 0.1) is 25.9 Å². The minimum atomic E-state index is -0.506. The Morgan fingerprint density at radius 1 is 1.28 bits per heavy atom. The summed E-state index contributed by atoms with van der Waals surface area (Å²) in [5.74, 6) is 0.0150. The third-order valence-corrected chi connectivity index (χ3v) is 5.19. The predicted molar refractivity (Wildman–Crippen MR) is 111 cm³/mol. The second-order valence-corrected chi connectivity index (χ2v) is 7.68. The second-order valence-electron chi connectivity index (χ2n) is 7.68. The van der Waals surface area contributed by atoms with Gasteiger partial charge in [-0.3, -0.25) is 4.79 Å². The maximum atomic E-state index is 12.0. The van der Waals surface area contributed by atoms with Crippen molar-refractivity contribution in [2.75, 3.05) is 47.0 Å². The van der Waals surface area contributed by atoms with Crippen LogP contribution in [-0.4, -0.2) is 75.7 Å². The van der Waals surface area contributed by atoms with Gasteiger partial charge in [-0.1, -0.05) is 30.3 Å². The number of benzene rings is 1. The first-order valence-electron chi connectivity index (χ1n) is 10.2. The van der Waals surface area contributed by atoms with E-state index in [1.165, 1.54) is 4.90 Å². The van der Waals surface area contributed by atoms with Gasteiger partial charge in [0, 0.05) is 33.5 Å². The van der Waals surface area contributed by atoms with E-state index in [4.69, 9.17) is 14.2 Å². The molecular formula is C21H32N4O4. The highest BCUT2D eigenvalue weighted by atomic mass is 16.7. The normalized spacial score (nSPS) is 22.3. The molecule has 2 fully saturated rings. The monoisotopic (exact) mass is 404 g/mol. The second kappa shape index (κ2) is 10.0. The Hall–Kier alpha value is -2.16. The number of nitrogens with one attached hydrogen (secondary N) is 2. The zero-order chi connectivity index (χ0) is 20.7. The Balaban J connectivity index is 1.59. The highest BCUT2D eigenvalue weighted by molar-refractivity contribution is 5.85. The van der Waals surface area contributed by atoms with E-state index in [1.807, 2.05) is 18.2 Å². The first-order chi connectivity index (χ1) is 14.0. The van der Waals surface area contributed by atoms with Gasteiger partial charge in [-0.25, -0.2) is 4.99 Å². The van der Waals surface area contributed by atoms with Crippen LogP contribution in [0.25, 0.3) is 0 Å².